The molecule has 0 unspecified atom stereocenters. The number of hydrogen-bond acceptors (Lipinski definition) is 4. The Bertz CT molecular complexity index is 1330. The van der Waals surface area contributed by atoms with Crippen molar-refractivity contribution >= 4 is 34.3 Å². The molecular weight excluding hydrogens is 425 g/mol. The van der Waals surface area contributed by atoms with Gasteiger partial charge in [0, 0.05) is 5.69 Å². The second-order valence-electron chi connectivity index (χ2n) is 7.53. The molecular formula is C25H22FN3O2S. The molecule has 1 amide bonds. The van der Waals surface area contributed by atoms with E-state index in [9.17, 15) is 14.0 Å². The lowest BCUT2D eigenvalue weighted by Crippen LogP contribution is -2.25. The van der Waals surface area contributed by atoms with E-state index in [-0.39, 0.29) is 29.6 Å². The predicted octanol–water partition coefficient (Wildman–Crippen LogP) is 4.93. The maximum absolute atomic E-state index is 13.3. The molecule has 5 nitrogen and oxygen atoms in total. The normalized spacial score (nSPS) is 11.0. The first-order valence-electron chi connectivity index (χ1n) is 10.2. The van der Waals surface area contributed by atoms with Crippen LogP contribution in [0.25, 0.3) is 10.9 Å². The average Bonchev–Trinajstić information content (AvgIpc) is 2.78. The molecule has 0 saturated carbocycles. The lowest BCUT2D eigenvalue weighted by molar-refractivity contribution is -0.113. The standard InChI is InChI=1S/C25H22FN3O2S/c1-16-6-5-7-17(2)23(16)28-22(30)15-32-25-27-21-9-4-3-8-20(21)24(31)29(25)14-18-10-12-19(26)13-11-18/h3-13H,14-15H2,1-2H3,(H,28,30). The number of benzene rings is 3. The van der Waals surface area contributed by atoms with Crippen molar-refractivity contribution in [1.82, 2.24) is 9.55 Å². The van der Waals surface area contributed by atoms with E-state index in [1.807, 2.05) is 38.1 Å². The van der Waals surface area contributed by atoms with Gasteiger partial charge in [-0.05, 0) is 54.8 Å². The van der Waals surface area contributed by atoms with Crippen LogP contribution in [0.5, 0.6) is 0 Å². The van der Waals surface area contributed by atoms with Crippen molar-refractivity contribution in [2.45, 2.75) is 25.5 Å². The van der Waals surface area contributed by atoms with Crippen molar-refractivity contribution in [2.24, 2.45) is 0 Å². The van der Waals surface area contributed by atoms with E-state index in [4.69, 9.17) is 0 Å². The summed E-state index contributed by atoms with van der Waals surface area (Å²) in [5, 5.41) is 3.90. The van der Waals surface area contributed by atoms with Crippen LogP contribution < -0.4 is 10.9 Å². The van der Waals surface area contributed by atoms with Crippen LogP contribution in [0.15, 0.2) is 76.7 Å². The Morgan fingerprint density at radius 2 is 1.69 bits per heavy atom. The number of aromatic nitrogens is 2. The Labute approximate surface area is 189 Å². The van der Waals surface area contributed by atoms with Gasteiger partial charge in [0.05, 0.1) is 23.2 Å². The van der Waals surface area contributed by atoms with Crippen molar-refractivity contribution in [3.8, 4) is 0 Å². The number of carbonyl (C=O) groups excluding carboxylic acids is 1. The molecule has 0 atom stereocenters. The first-order valence-corrected chi connectivity index (χ1v) is 11.1. The van der Waals surface area contributed by atoms with Gasteiger partial charge < -0.3 is 5.32 Å². The lowest BCUT2D eigenvalue weighted by Gasteiger charge is -2.14. The average molecular weight is 448 g/mol. The summed E-state index contributed by atoms with van der Waals surface area (Å²) in [4.78, 5) is 30.5. The number of hydrogen-bond donors (Lipinski definition) is 1. The Balaban J connectivity index is 1.62. The third-order valence-corrected chi connectivity index (χ3v) is 6.13. The maximum atomic E-state index is 13.3. The van der Waals surface area contributed by atoms with Gasteiger partial charge in [-0.1, -0.05) is 54.2 Å². The molecule has 0 saturated heterocycles. The molecule has 32 heavy (non-hydrogen) atoms. The molecule has 0 spiro atoms. The summed E-state index contributed by atoms with van der Waals surface area (Å²) in [6.45, 7) is 4.12. The fourth-order valence-corrected chi connectivity index (χ4v) is 4.29. The molecule has 0 aliphatic heterocycles. The van der Waals surface area contributed by atoms with Crippen LogP contribution in [-0.4, -0.2) is 21.2 Å². The van der Waals surface area contributed by atoms with E-state index in [1.54, 1.807) is 30.3 Å². The molecule has 0 bridgehead atoms. The second-order valence-corrected chi connectivity index (χ2v) is 8.48. The van der Waals surface area contributed by atoms with Crippen LogP contribution in [0.2, 0.25) is 0 Å². The van der Waals surface area contributed by atoms with Crippen LogP contribution in [-0.2, 0) is 11.3 Å². The number of fused-ring (bicyclic) bond motifs is 1. The fraction of sp³-hybridized carbons (Fsp3) is 0.160. The molecule has 0 radical (unpaired) electrons. The van der Waals surface area contributed by atoms with Gasteiger partial charge in [0.25, 0.3) is 5.56 Å². The number of anilines is 1. The second kappa shape index (κ2) is 9.36. The molecule has 4 rings (SSSR count). The Hall–Kier alpha value is -3.45. The summed E-state index contributed by atoms with van der Waals surface area (Å²) in [5.41, 5.74) is 3.92. The molecule has 0 fully saturated rings. The van der Waals surface area contributed by atoms with E-state index in [0.29, 0.717) is 16.1 Å². The highest BCUT2D eigenvalue weighted by molar-refractivity contribution is 7.99. The van der Waals surface area contributed by atoms with Crippen LogP contribution in [0.4, 0.5) is 10.1 Å². The van der Waals surface area contributed by atoms with Crippen molar-refractivity contribution < 1.29 is 9.18 Å². The number of nitrogens with zero attached hydrogens (tertiary/aromatic N) is 2. The highest BCUT2D eigenvalue weighted by atomic mass is 32.2. The number of thioether (sulfide) groups is 1. The summed E-state index contributed by atoms with van der Waals surface area (Å²) in [6.07, 6.45) is 0. The van der Waals surface area contributed by atoms with Crippen molar-refractivity contribution in [3.05, 3.63) is 99.6 Å². The Morgan fingerprint density at radius 1 is 1.00 bits per heavy atom. The molecule has 162 valence electrons. The van der Waals surface area contributed by atoms with Gasteiger partial charge in [0.2, 0.25) is 5.91 Å². The number of rotatable bonds is 6. The first kappa shape index (κ1) is 21.8. The summed E-state index contributed by atoms with van der Waals surface area (Å²) in [7, 11) is 0. The monoisotopic (exact) mass is 447 g/mol. The zero-order chi connectivity index (χ0) is 22.7. The number of nitrogens with one attached hydrogen (secondary N) is 1. The molecule has 1 aromatic heterocycles. The summed E-state index contributed by atoms with van der Waals surface area (Å²) >= 11 is 1.20. The van der Waals surface area contributed by atoms with E-state index >= 15 is 0 Å². The van der Waals surface area contributed by atoms with E-state index < -0.39 is 0 Å². The minimum atomic E-state index is -0.337. The van der Waals surface area contributed by atoms with E-state index in [2.05, 4.69) is 10.3 Å². The number of aryl methyl sites for hydroxylation is 2. The van der Waals surface area contributed by atoms with Crippen molar-refractivity contribution in [3.63, 3.8) is 0 Å². The summed E-state index contributed by atoms with van der Waals surface area (Å²) < 4.78 is 14.8. The van der Waals surface area contributed by atoms with Gasteiger partial charge in [0.15, 0.2) is 5.16 Å². The van der Waals surface area contributed by atoms with Crippen LogP contribution >= 0.6 is 11.8 Å². The maximum Gasteiger partial charge on any atom is 0.262 e. The Kier molecular flexibility index (Phi) is 6.37. The van der Waals surface area contributed by atoms with Gasteiger partial charge in [-0.25, -0.2) is 9.37 Å². The minimum Gasteiger partial charge on any atom is -0.325 e. The largest absolute Gasteiger partial charge is 0.325 e. The molecule has 1 N–H and O–H groups in total. The van der Waals surface area contributed by atoms with Gasteiger partial charge in [-0.3, -0.25) is 14.2 Å². The van der Waals surface area contributed by atoms with Crippen molar-refractivity contribution in [2.75, 3.05) is 11.1 Å². The smallest absolute Gasteiger partial charge is 0.262 e. The minimum absolute atomic E-state index is 0.0992. The third-order valence-electron chi connectivity index (χ3n) is 5.16. The Morgan fingerprint density at radius 3 is 2.41 bits per heavy atom. The molecule has 3 aromatic carbocycles. The van der Waals surface area contributed by atoms with Crippen LogP contribution in [0.1, 0.15) is 16.7 Å². The van der Waals surface area contributed by atoms with Crippen LogP contribution in [0, 0.1) is 19.7 Å². The van der Waals surface area contributed by atoms with Gasteiger partial charge in [-0.15, -0.1) is 0 Å². The summed E-state index contributed by atoms with van der Waals surface area (Å²) in [6, 6.07) is 19.0. The van der Waals surface area contributed by atoms with E-state index in [1.165, 1.54) is 28.5 Å². The predicted molar refractivity (Wildman–Crippen MR) is 127 cm³/mol. The van der Waals surface area contributed by atoms with Crippen molar-refractivity contribution in [1.29, 1.82) is 0 Å². The fourth-order valence-electron chi connectivity index (χ4n) is 3.49. The van der Waals surface area contributed by atoms with Gasteiger partial charge >= 0.3 is 0 Å². The zero-order valence-electron chi connectivity index (χ0n) is 17.8. The molecule has 4 aromatic rings. The molecule has 7 heteroatoms. The van der Waals surface area contributed by atoms with Gasteiger partial charge in [-0.2, -0.15) is 0 Å². The number of halogens is 1. The lowest BCUT2D eigenvalue weighted by atomic mass is 10.1. The molecule has 0 aliphatic rings. The first-order chi connectivity index (χ1) is 15.4. The number of carbonyl (C=O) groups is 1. The summed E-state index contributed by atoms with van der Waals surface area (Å²) in [5.74, 6) is -0.416. The SMILES string of the molecule is Cc1cccc(C)c1NC(=O)CSc1nc2ccccc2c(=O)n1Cc1ccc(F)cc1. The number of para-hydroxylation sites is 2. The van der Waals surface area contributed by atoms with Crippen LogP contribution in [0.3, 0.4) is 0 Å². The highest BCUT2D eigenvalue weighted by Gasteiger charge is 2.15. The third kappa shape index (κ3) is 4.73. The molecule has 0 aliphatic carbocycles. The van der Waals surface area contributed by atoms with E-state index in [0.717, 1.165) is 22.4 Å². The van der Waals surface area contributed by atoms with Gasteiger partial charge in [0.1, 0.15) is 5.82 Å². The number of amides is 1. The molecule has 1 heterocycles. The quantitative estimate of drug-likeness (QED) is 0.336. The zero-order valence-corrected chi connectivity index (χ0v) is 18.6. The topological polar surface area (TPSA) is 64.0 Å². The highest BCUT2D eigenvalue weighted by Crippen LogP contribution is 2.22.